The van der Waals surface area contributed by atoms with Crippen LogP contribution < -0.4 is 5.32 Å². The molecule has 0 spiro atoms. The molecule has 0 bridgehead atoms. The molecular weight excluding hydrogens is 250 g/mol. The molecule has 0 aromatic carbocycles. The Morgan fingerprint density at radius 2 is 2.44 bits per heavy atom. The molecule has 1 aromatic rings. The van der Waals surface area contributed by atoms with Crippen molar-refractivity contribution in [3.8, 4) is 0 Å². The van der Waals surface area contributed by atoms with E-state index < -0.39 is 0 Å². The van der Waals surface area contributed by atoms with Gasteiger partial charge in [0.15, 0.2) is 0 Å². The van der Waals surface area contributed by atoms with E-state index in [9.17, 15) is 0 Å². The lowest BCUT2D eigenvalue weighted by Gasteiger charge is -2.31. The first-order valence-corrected chi connectivity index (χ1v) is 7.11. The molecule has 1 aromatic heterocycles. The molecular formula is C13H20ClN3O. The molecule has 100 valence electrons. The van der Waals surface area contributed by atoms with Gasteiger partial charge in [-0.25, -0.2) is 0 Å². The fourth-order valence-corrected chi connectivity index (χ4v) is 3.55. The molecule has 1 unspecified atom stereocenters. The van der Waals surface area contributed by atoms with Gasteiger partial charge in [-0.05, 0) is 38.1 Å². The molecule has 3 rings (SSSR count). The van der Waals surface area contributed by atoms with Gasteiger partial charge >= 0.3 is 0 Å². The Labute approximate surface area is 113 Å². The lowest BCUT2D eigenvalue weighted by molar-refractivity contribution is 0.178. The molecule has 1 aliphatic carbocycles. The Morgan fingerprint density at radius 3 is 3.06 bits per heavy atom. The predicted octanol–water partition coefficient (Wildman–Crippen LogP) is 2.17. The van der Waals surface area contributed by atoms with Crippen LogP contribution in [0.2, 0.25) is 5.02 Å². The van der Waals surface area contributed by atoms with Gasteiger partial charge in [0.2, 0.25) is 0 Å². The Hall–Kier alpha value is -0.580. The van der Waals surface area contributed by atoms with Gasteiger partial charge in [-0.1, -0.05) is 11.6 Å². The Morgan fingerprint density at radius 1 is 1.61 bits per heavy atom. The molecule has 2 aliphatic rings. The quantitative estimate of drug-likeness (QED) is 0.891. The summed E-state index contributed by atoms with van der Waals surface area (Å²) < 4.78 is 7.19. The summed E-state index contributed by atoms with van der Waals surface area (Å²) in [5.74, 6) is 0.732. The smallest absolute Gasteiger partial charge is 0.0837 e. The summed E-state index contributed by atoms with van der Waals surface area (Å²) in [6.07, 6.45) is 6.78. The third kappa shape index (κ3) is 1.96. The van der Waals surface area contributed by atoms with Crippen molar-refractivity contribution in [3.05, 3.63) is 16.9 Å². The van der Waals surface area contributed by atoms with Crippen LogP contribution in [-0.4, -0.2) is 30.0 Å². The van der Waals surface area contributed by atoms with E-state index in [0.717, 1.165) is 24.0 Å². The van der Waals surface area contributed by atoms with E-state index in [1.165, 1.54) is 31.4 Å². The predicted molar refractivity (Wildman–Crippen MR) is 70.8 cm³/mol. The fraction of sp³-hybridized carbons (Fsp3) is 0.769. The maximum atomic E-state index is 6.40. The highest BCUT2D eigenvalue weighted by molar-refractivity contribution is 6.31. The number of nitrogens with zero attached hydrogens (tertiary/aromatic N) is 2. The second kappa shape index (κ2) is 4.83. The highest BCUT2D eigenvalue weighted by Crippen LogP contribution is 2.51. The normalized spacial score (nSPS) is 27.9. The third-order valence-electron chi connectivity index (χ3n) is 4.19. The number of rotatable bonds is 5. The lowest BCUT2D eigenvalue weighted by atomic mass is 9.87. The van der Waals surface area contributed by atoms with E-state index in [1.807, 2.05) is 4.68 Å². The number of halogens is 1. The molecule has 0 amide bonds. The van der Waals surface area contributed by atoms with Gasteiger partial charge in [0.05, 0.1) is 35.6 Å². The van der Waals surface area contributed by atoms with Gasteiger partial charge in [-0.3, -0.25) is 4.68 Å². The summed E-state index contributed by atoms with van der Waals surface area (Å²) in [5.41, 5.74) is 1.25. The first-order valence-electron chi connectivity index (χ1n) is 6.73. The van der Waals surface area contributed by atoms with Crippen LogP contribution in [0, 0.1) is 5.92 Å². The highest BCUT2D eigenvalue weighted by atomic mass is 35.5. The van der Waals surface area contributed by atoms with E-state index in [4.69, 9.17) is 16.3 Å². The zero-order chi connectivity index (χ0) is 12.6. The fourth-order valence-electron chi connectivity index (χ4n) is 3.24. The number of hydrogen-bond donors (Lipinski definition) is 1. The largest absolute Gasteiger partial charge is 0.383 e. The average Bonchev–Trinajstić information content (AvgIpc) is 3.01. The molecule has 2 fully saturated rings. The van der Waals surface area contributed by atoms with Crippen LogP contribution in [-0.2, 0) is 16.8 Å². The molecule has 1 saturated heterocycles. The van der Waals surface area contributed by atoms with Gasteiger partial charge in [-0.15, -0.1) is 0 Å². The number of aromatic nitrogens is 2. The van der Waals surface area contributed by atoms with Gasteiger partial charge < -0.3 is 10.1 Å². The molecule has 1 N–H and O–H groups in total. The Balaban J connectivity index is 1.95. The van der Waals surface area contributed by atoms with Crippen LogP contribution >= 0.6 is 11.6 Å². The Kier molecular flexibility index (Phi) is 3.34. The minimum Gasteiger partial charge on any atom is -0.383 e. The van der Waals surface area contributed by atoms with Crippen molar-refractivity contribution in [1.82, 2.24) is 15.1 Å². The van der Waals surface area contributed by atoms with Crippen LogP contribution in [0.3, 0.4) is 0 Å². The summed E-state index contributed by atoms with van der Waals surface area (Å²) in [6, 6.07) is 0. The Bertz CT molecular complexity index is 422. The second-order valence-electron chi connectivity index (χ2n) is 5.33. The van der Waals surface area contributed by atoms with Gasteiger partial charge in [0, 0.05) is 7.11 Å². The first-order chi connectivity index (χ1) is 8.78. The van der Waals surface area contributed by atoms with Crippen molar-refractivity contribution in [2.45, 2.75) is 37.8 Å². The van der Waals surface area contributed by atoms with E-state index in [0.29, 0.717) is 6.61 Å². The molecule has 5 heteroatoms. The van der Waals surface area contributed by atoms with Crippen LogP contribution in [0.1, 0.15) is 31.4 Å². The summed E-state index contributed by atoms with van der Waals surface area (Å²) in [7, 11) is 1.72. The van der Waals surface area contributed by atoms with Gasteiger partial charge in [-0.2, -0.15) is 5.10 Å². The monoisotopic (exact) mass is 269 g/mol. The average molecular weight is 270 g/mol. The van der Waals surface area contributed by atoms with Crippen LogP contribution in [0.4, 0.5) is 0 Å². The molecule has 1 atom stereocenters. The minimum absolute atomic E-state index is 0.0708. The van der Waals surface area contributed by atoms with Crippen molar-refractivity contribution in [3.63, 3.8) is 0 Å². The number of hydrogen-bond acceptors (Lipinski definition) is 3. The summed E-state index contributed by atoms with van der Waals surface area (Å²) >= 11 is 6.40. The zero-order valence-electron chi connectivity index (χ0n) is 10.8. The molecule has 0 radical (unpaired) electrons. The molecule has 18 heavy (non-hydrogen) atoms. The van der Waals surface area contributed by atoms with E-state index in [2.05, 4.69) is 10.4 Å². The van der Waals surface area contributed by atoms with Crippen molar-refractivity contribution in [2.75, 3.05) is 20.3 Å². The van der Waals surface area contributed by atoms with E-state index in [1.54, 1.807) is 13.3 Å². The van der Waals surface area contributed by atoms with Crippen molar-refractivity contribution in [2.24, 2.45) is 5.92 Å². The number of methoxy groups -OCH3 is 1. The summed E-state index contributed by atoms with van der Waals surface area (Å²) in [6.45, 7) is 2.53. The minimum atomic E-state index is 0.0708. The summed E-state index contributed by atoms with van der Waals surface area (Å²) in [4.78, 5) is 0. The maximum Gasteiger partial charge on any atom is 0.0837 e. The van der Waals surface area contributed by atoms with Crippen LogP contribution in [0.15, 0.2) is 6.20 Å². The first kappa shape index (κ1) is 12.5. The molecule has 4 nitrogen and oxygen atoms in total. The van der Waals surface area contributed by atoms with Gasteiger partial charge in [0.1, 0.15) is 0 Å². The van der Waals surface area contributed by atoms with E-state index >= 15 is 0 Å². The topological polar surface area (TPSA) is 39.1 Å². The van der Waals surface area contributed by atoms with Gasteiger partial charge in [0.25, 0.3) is 0 Å². The van der Waals surface area contributed by atoms with Crippen molar-refractivity contribution < 1.29 is 4.74 Å². The van der Waals surface area contributed by atoms with Crippen molar-refractivity contribution in [1.29, 1.82) is 0 Å². The number of ether oxygens (including phenoxy) is 1. The molecule has 1 saturated carbocycles. The SMILES string of the molecule is COCCn1ncc(Cl)c1C1(C2CC2)CCCN1. The highest BCUT2D eigenvalue weighted by Gasteiger charge is 2.50. The standard InChI is InChI=1S/C13H20ClN3O/c1-18-8-7-17-12(11(14)9-16-17)13(10-3-4-10)5-2-6-15-13/h9-10,15H,2-8H2,1H3. The maximum absolute atomic E-state index is 6.40. The lowest BCUT2D eigenvalue weighted by Crippen LogP contribution is -2.41. The zero-order valence-corrected chi connectivity index (χ0v) is 11.5. The molecule has 2 heterocycles. The number of nitrogens with one attached hydrogen (secondary N) is 1. The second-order valence-corrected chi connectivity index (χ2v) is 5.74. The molecule has 1 aliphatic heterocycles. The third-order valence-corrected chi connectivity index (χ3v) is 4.46. The van der Waals surface area contributed by atoms with Crippen LogP contribution in [0.5, 0.6) is 0 Å². The van der Waals surface area contributed by atoms with Crippen molar-refractivity contribution >= 4 is 11.6 Å². The van der Waals surface area contributed by atoms with E-state index in [-0.39, 0.29) is 5.54 Å². The van der Waals surface area contributed by atoms with Crippen LogP contribution in [0.25, 0.3) is 0 Å². The summed E-state index contributed by atoms with van der Waals surface area (Å²) in [5, 5.41) is 8.92.